The normalized spacial score (nSPS) is 11.0. The summed E-state index contributed by atoms with van der Waals surface area (Å²) in [7, 11) is 1.88. The number of anilines is 2. The number of hydrogen-bond donors (Lipinski definition) is 1. The van der Waals surface area contributed by atoms with Crippen LogP contribution in [0.15, 0.2) is 49.1 Å². The van der Waals surface area contributed by atoms with Crippen molar-refractivity contribution in [3.05, 3.63) is 54.6 Å². The van der Waals surface area contributed by atoms with E-state index in [0.717, 1.165) is 16.9 Å². The summed E-state index contributed by atoms with van der Waals surface area (Å²) < 4.78 is 3.51. The van der Waals surface area contributed by atoms with Gasteiger partial charge in [-0.1, -0.05) is 12.1 Å². The maximum Gasteiger partial charge on any atom is 0.247 e. The zero-order valence-electron chi connectivity index (χ0n) is 12.8. The first kappa shape index (κ1) is 13.4. The quantitative estimate of drug-likeness (QED) is 0.630. The monoisotopic (exact) mass is 305 g/mol. The molecule has 7 heteroatoms. The molecule has 4 aromatic rings. The fourth-order valence-corrected chi connectivity index (χ4v) is 2.47. The lowest BCUT2D eigenvalue weighted by molar-refractivity contribution is 0.768. The zero-order valence-corrected chi connectivity index (χ0v) is 12.8. The van der Waals surface area contributed by atoms with Crippen molar-refractivity contribution in [2.45, 2.75) is 6.92 Å². The minimum absolute atomic E-state index is 0.536. The smallest absolute Gasteiger partial charge is 0.247 e. The lowest BCUT2D eigenvalue weighted by atomic mass is 10.2. The molecular formula is C16H15N7. The zero-order chi connectivity index (χ0) is 15.8. The van der Waals surface area contributed by atoms with Crippen LogP contribution in [-0.4, -0.2) is 29.4 Å². The fraction of sp³-hybridized carbons (Fsp3) is 0.125. The number of hydrogen-bond acceptors (Lipinski definition) is 5. The second kappa shape index (κ2) is 5.20. The molecule has 0 amide bonds. The minimum Gasteiger partial charge on any atom is -0.323 e. The van der Waals surface area contributed by atoms with Crippen molar-refractivity contribution in [1.29, 1.82) is 0 Å². The highest BCUT2D eigenvalue weighted by Gasteiger charge is 2.11. The van der Waals surface area contributed by atoms with Gasteiger partial charge in [0.2, 0.25) is 5.95 Å². The molecule has 0 saturated heterocycles. The van der Waals surface area contributed by atoms with E-state index in [1.807, 2.05) is 44.4 Å². The Balaban J connectivity index is 1.76. The molecule has 0 atom stereocenters. The Bertz CT molecular complexity index is 983. The van der Waals surface area contributed by atoms with Crippen LogP contribution >= 0.6 is 0 Å². The van der Waals surface area contributed by atoms with Crippen LogP contribution in [0.5, 0.6) is 0 Å². The van der Waals surface area contributed by atoms with Gasteiger partial charge in [-0.25, -0.2) is 4.52 Å². The standard InChI is InChI=1S/C16H15N7/c1-11-4-3-5-13(6-11)19-16-20-15-9-17-8-14(23(15)21-16)12-7-18-22(2)10-12/h3-10H,1-2H3,(H,19,21). The molecule has 4 rings (SSSR count). The second-order valence-corrected chi connectivity index (χ2v) is 5.40. The number of aryl methyl sites for hydroxylation is 2. The van der Waals surface area contributed by atoms with E-state index in [9.17, 15) is 0 Å². The van der Waals surface area contributed by atoms with Gasteiger partial charge >= 0.3 is 0 Å². The first-order valence-corrected chi connectivity index (χ1v) is 7.22. The van der Waals surface area contributed by atoms with Crippen LogP contribution in [-0.2, 0) is 7.05 Å². The summed E-state index contributed by atoms with van der Waals surface area (Å²) in [5, 5.41) is 12.0. The highest BCUT2D eigenvalue weighted by atomic mass is 15.4. The van der Waals surface area contributed by atoms with Gasteiger partial charge in [0.25, 0.3) is 0 Å². The molecule has 0 spiro atoms. The third-order valence-corrected chi connectivity index (χ3v) is 3.52. The average molecular weight is 305 g/mol. The topological polar surface area (TPSA) is 72.9 Å². The van der Waals surface area contributed by atoms with Gasteiger partial charge in [0.15, 0.2) is 5.65 Å². The molecule has 7 nitrogen and oxygen atoms in total. The Kier molecular flexibility index (Phi) is 3.04. The van der Waals surface area contributed by atoms with Crippen LogP contribution < -0.4 is 5.32 Å². The molecule has 1 N–H and O–H groups in total. The van der Waals surface area contributed by atoms with Gasteiger partial charge in [-0.05, 0) is 24.6 Å². The largest absolute Gasteiger partial charge is 0.323 e. The van der Waals surface area contributed by atoms with E-state index in [1.54, 1.807) is 27.8 Å². The number of nitrogens with zero attached hydrogens (tertiary/aromatic N) is 6. The fourth-order valence-electron chi connectivity index (χ4n) is 2.47. The van der Waals surface area contributed by atoms with Crippen molar-refractivity contribution < 1.29 is 0 Å². The maximum atomic E-state index is 4.54. The third kappa shape index (κ3) is 2.52. The molecule has 0 radical (unpaired) electrons. The molecule has 23 heavy (non-hydrogen) atoms. The van der Waals surface area contributed by atoms with Gasteiger partial charge in [-0.2, -0.15) is 10.1 Å². The van der Waals surface area contributed by atoms with Crippen LogP contribution in [0.3, 0.4) is 0 Å². The molecule has 0 aliphatic rings. The molecule has 1 aromatic carbocycles. The average Bonchev–Trinajstić information content (AvgIpc) is 3.12. The van der Waals surface area contributed by atoms with Gasteiger partial charge in [0.05, 0.1) is 24.3 Å². The van der Waals surface area contributed by atoms with Gasteiger partial charge in [0, 0.05) is 24.5 Å². The number of rotatable bonds is 3. The summed E-state index contributed by atoms with van der Waals surface area (Å²) in [5.41, 5.74) is 4.60. The lowest BCUT2D eigenvalue weighted by Gasteiger charge is -2.02. The van der Waals surface area contributed by atoms with Crippen LogP contribution in [0.1, 0.15) is 5.56 Å². The highest BCUT2D eigenvalue weighted by molar-refractivity contribution is 5.62. The Morgan fingerprint density at radius 1 is 1.13 bits per heavy atom. The Morgan fingerprint density at radius 2 is 2.04 bits per heavy atom. The van der Waals surface area contributed by atoms with Crippen LogP contribution in [0.2, 0.25) is 0 Å². The summed E-state index contributed by atoms with van der Waals surface area (Å²) in [4.78, 5) is 8.73. The van der Waals surface area contributed by atoms with E-state index < -0.39 is 0 Å². The summed E-state index contributed by atoms with van der Waals surface area (Å²) in [6.07, 6.45) is 7.15. The first-order chi connectivity index (χ1) is 11.2. The summed E-state index contributed by atoms with van der Waals surface area (Å²) >= 11 is 0. The lowest BCUT2D eigenvalue weighted by Crippen LogP contribution is -1.96. The molecular weight excluding hydrogens is 290 g/mol. The van der Waals surface area contributed by atoms with Crippen molar-refractivity contribution >= 4 is 17.3 Å². The van der Waals surface area contributed by atoms with Crippen molar-refractivity contribution in [2.24, 2.45) is 7.05 Å². The summed E-state index contributed by atoms with van der Waals surface area (Å²) in [6.45, 7) is 2.05. The number of benzene rings is 1. The van der Waals surface area contributed by atoms with E-state index in [-0.39, 0.29) is 0 Å². The van der Waals surface area contributed by atoms with E-state index in [0.29, 0.717) is 11.6 Å². The van der Waals surface area contributed by atoms with Gasteiger partial charge in [0.1, 0.15) is 0 Å². The van der Waals surface area contributed by atoms with Gasteiger partial charge < -0.3 is 5.32 Å². The van der Waals surface area contributed by atoms with E-state index in [1.165, 1.54) is 5.56 Å². The van der Waals surface area contributed by atoms with Gasteiger partial charge in [-0.3, -0.25) is 9.67 Å². The molecule has 3 aromatic heterocycles. The van der Waals surface area contributed by atoms with Crippen molar-refractivity contribution in [3.8, 4) is 11.3 Å². The molecule has 3 heterocycles. The number of aromatic nitrogens is 6. The van der Waals surface area contributed by atoms with Crippen LogP contribution in [0.25, 0.3) is 16.9 Å². The van der Waals surface area contributed by atoms with Gasteiger partial charge in [-0.15, -0.1) is 5.10 Å². The SMILES string of the molecule is Cc1cccc(Nc2nc3cncc(-c4cnn(C)c4)n3n2)c1. The van der Waals surface area contributed by atoms with E-state index in [2.05, 4.69) is 25.5 Å². The number of nitrogens with one attached hydrogen (secondary N) is 1. The predicted molar refractivity (Wildman–Crippen MR) is 87.4 cm³/mol. The molecule has 0 fully saturated rings. The third-order valence-electron chi connectivity index (χ3n) is 3.52. The summed E-state index contributed by atoms with van der Waals surface area (Å²) in [6, 6.07) is 8.08. The predicted octanol–water partition coefficient (Wildman–Crippen LogP) is 2.58. The molecule has 114 valence electrons. The molecule has 0 bridgehead atoms. The molecule has 0 aliphatic heterocycles. The number of fused-ring (bicyclic) bond motifs is 1. The molecule has 0 aliphatic carbocycles. The Hall–Kier alpha value is -3.22. The molecule has 0 unspecified atom stereocenters. The second-order valence-electron chi connectivity index (χ2n) is 5.40. The van der Waals surface area contributed by atoms with Crippen molar-refractivity contribution in [2.75, 3.05) is 5.32 Å². The minimum atomic E-state index is 0.536. The molecule has 0 saturated carbocycles. The van der Waals surface area contributed by atoms with Crippen molar-refractivity contribution in [1.82, 2.24) is 29.4 Å². The first-order valence-electron chi connectivity index (χ1n) is 7.22. The Morgan fingerprint density at radius 3 is 2.83 bits per heavy atom. The maximum absolute atomic E-state index is 4.54. The highest BCUT2D eigenvalue weighted by Crippen LogP contribution is 2.20. The van der Waals surface area contributed by atoms with Crippen LogP contribution in [0.4, 0.5) is 11.6 Å². The van der Waals surface area contributed by atoms with Crippen LogP contribution in [0, 0.1) is 6.92 Å². The summed E-state index contributed by atoms with van der Waals surface area (Å²) in [5.74, 6) is 0.536. The Labute approximate surface area is 132 Å². The van der Waals surface area contributed by atoms with E-state index >= 15 is 0 Å². The van der Waals surface area contributed by atoms with Crippen molar-refractivity contribution in [3.63, 3.8) is 0 Å². The van der Waals surface area contributed by atoms with E-state index in [4.69, 9.17) is 0 Å².